The Balaban J connectivity index is 1.22. The number of nitrogens with zero attached hydrogens (tertiary/aromatic N) is 3. The van der Waals surface area contributed by atoms with Gasteiger partial charge in [0.25, 0.3) is 0 Å². The molecule has 2 amide bonds. The van der Waals surface area contributed by atoms with Gasteiger partial charge in [0.1, 0.15) is 11.9 Å². The van der Waals surface area contributed by atoms with Crippen LogP contribution in [0.3, 0.4) is 0 Å². The zero-order chi connectivity index (χ0) is 24.9. The second-order valence-corrected chi connectivity index (χ2v) is 12.2. The van der Waals surface area contributed by atoms with Crippen molar-refractivity contribution < 1.29 is 14.7 Å². The van der Waals surface area contributed by atoms with Crippen LogP contribution in [0.15, 0.2) is 18.3 Å². The normalized spacial score (nSPS) is 37.5. The maximum absolute atomic E-state index is 13.7. The molecule has 4 bridgehead atoms. The Hall–Kier alpha value is -2.82. The average Bonchev–Trinajstić information content (AvgIpc) is 3.28. The fourth-order valence-electron chi connectivity index (χ4n) is 8.89. The van der Waals surface area contributed by atoms with Gasteiger partial charge in [-0.1, -0.05) is 19.3 Å². The quantitative estimate of drug-likeness (QED) is 0.563. The number of rotatable bonds is 5. The van der Waals surface area contributed by atoms with E-state index in [1.165, 1.54) is 19.3 Å². The Kier molecular flexibility index (Phi) is 6.05. The van der Waals surface area contributed by atoms with E-state index in [9.17, 15) is 14.7 Å². The predicted molar refractivity (Wildman–Crippen MR) is 134 cm³/mol. The summed E-state index contributed by atoms with van der Waals surface area (Å²) in [5, 5.41) is 26.1. The predicted octanol–water partition coefficient (Wildman–Crippen LogP) is 4.38. The molecule has 4 atom stereocenters. The van der Waals surface area contributed by atoms with Crippen LogP contribution < -0.4 is 10.6 Å². The zero-order valence-corrected chi connectivity index (χ0v) is 20.9. The number of pyridine rings is 1. The summed E-state index contributed by atoms with van der Waals surface area (Å²) in [5.74, 6) is 2.59. The summed E-state index contributed by atoms with van der Waals surface area (Å²) in [7, 11) is 0. The topological polar surface area (TPSA) is 118 Å². The second-order valence-electron chi connectivity index (χ2n) is 12.2. The standard InChI is InChI=1S/C28H37N5O3/c29-15-17-6-7-23(30-16-17)32-22-8-9-33(27(35)36)25(22)24-19-10-18-11-20(24)14-28(12-18,13-19)26(34)31-21-4-2-1-3-5-21/h6-7,16,18-22,24-25H,1-5,8-14H2,(H,30,32)(H,31,34)(H,35,36)/t18?,19?,20?,22?,24?,25-,28?/m0/s1. The molecular formula is C28H37N5O3. The van der Waals surface area contributed by atoms with Gasteiger partial charge in [-0.15, -0.1) is 0 Å². The first kappa shape index (κ1) is 23.6. The molecule has 5 saturated carbocycles. The number of nitrogens with one attached hydrogen (secondary N) is 2. The van der Waals surface area contributed by atoms with Crippen LogP contribution in [0, 0.1) is 40.4 Å². The monoisotopic (exact) mass is 491 g/mol. The van der Waals surface area contributed by atoms with Gasteiger partial charge in [0.05, 0.1) is 17.6 Å². The third-order valence-corrected chi connectivity index (χ3v) is 10.1. The van der Waals surface area contributed by atoms with Gasteiger partial charge in [0.2, 0.25) is 5.91 Å². The number of anilines is 1. The molecular weight excluding hydrogens is 454 g/mol. The molecule has 8 heteroatoms. The molecule has 0 radical (unpaired) electrons. The fraction of sp³-hybridized carbons (Fsp3) is 0.714. The van der Waals surface area contributed by atoms with E-state index in [1.807, 2.05) is 0 Å². The van der Waals surface area contributed by atoms with Crippen LogP contribution in [0.5, 0.6) is 0 Å². The minimum absolute atomic E-state index is 0.0175. The molecule has 5 aliphatic carbocycles. The molecule has 8 nitrogen and oxygen atoms in total. The summed E-state index contributed by atoms with van der Waals surface area (Å²) in [4.78, 5) is 32.0. The Labute approximate surface area is 212 Å². The Morgan fingerprint density at radius 1 is 1.08 bits per heavy atom. The molecule has 2 heterocycles. The molecule has 36 heavy (non-hydrogen) atoms. The number of carboxylic acid groups (broad SMARTS) is 1. The van der Waals surface area contributed by atoms with Crippen LogP contribution in [0.25, 0.3) is 0 Å². The summed E-state index contributed by atoms with van der Waals surface area (Å²) in [6.45, 7) is 0.515. The van der Waals surface area contributed by atoms with Crippen LogP contribution in [0.4, 0.5) is 10.6 Å². The van der Waals surface area contributed by atoms with E-state index in [4.69, 9.17) is 5.26 Å². The number of likely N-dealkylation sites (tertiary alicyclic amines) is 1. The second kappa shape index (κ2) is 9.24. The van der Waals surface area contributed by atoms with E-state index >= 15 is 0 Å². The minimum Gasteiger partial charge on any atom is -0.465 e. The summed E-state index contributed by atoms with van der Waals surface area (Å²) in [6.07, 6.45) is 12.4. The maximum Gasteiger partial charge on any atom is 0.407 e. The maximum atomic E-state index is 13.7. The van der Waals surface area contributed by atoms with Crippen LogP contribution in [0.2, 0.25) is 0 Å². The lowest BCUT2D eigenvalue weighted by Crippen LogP contribution is -2.62. The molecule has 0 aromatic carbocycles. The number of aromatic nitrogens is 1. The van der Waals surface area contributed by atoms with E-state index in [-0.39, 0.29) is 29.3 Å². The van der Waals surface area contributed by atoms with Crippen LogP contribution in [0.1, 0.15) is 76.2 Å². The highest BCUT2D eigenvalue weighted by molar-refractivity contribution is 5.83. The first-order valence-electron chi connectivity index (χ1n) is 13.9. The summed E-state index contributed by atoms with van der Waals surface area (Å²) in [6, 6.07) is 5.84. The molecule has 6 aliphatic rings. The average molecular weight is 492 g/mol. The molecule has 1 aliphatic heterocycles. The highest BCUT2D eigenvalue weighted by Gasteiger charge is 2.62. The molecule has 1 aromatic rings. The zero-order valence-electron chi connectivity index (χ0n) is 20.9. The number of carbonyl (C=O) groups excluding carboxylic acids is 1. The van der Waals surface area contributed by atoms with E-state index in [0.717, 1.165) is 51.4 Å². The van der Waals surface area contributed by atoms with Gasteiger partial charge in [0.15, 0.2) is 0 Å². The number of carbonyl (C=O) groups is 2. The number of hydrogen-bond acceptors (Lipinski definition) is 5. The van der Waals surface area contributed by atoms with Crippen LogP contribution >= 0.6 is 0 Å². The molecule has 3 N–H and O–H groups in total. The van der Waals surface area contributed by atoms with Crippen molar-refractivity contribution in [1.82, 2.24) is 15.2 Å². The summed E-state index contributed by atoms with van der Waals surface area (Å²) in [5.41, 5.74) is 0.253. The summed E-state index contributed by atoms with van der Waals surface area (Å²) >= 11 is 0. The van der Waals surface area contributed by atoms with Gasteiger partial charge in [0, 0.05) is 24.2 Å². The van der Waals surface area contributed by atoms with E-state index in [1.54, 1.807) is 23.2 Å². The van der Waals surface area contributed by atoms with E-state index < -0.39 is 6.09 Å². The highest BCUT2D eigenvalue weighted by atomic mass is 16.4. The van der Waals surface area contributed by atoms with Crippen LogP contribution in [-0.2, 0) is 4.79 Å². The van der Waals surface area contributed by atoms with Gasteiger partial charge in [-0.2, -0.15) is 5.26 Å². The smallest absolute Gasteiger partial charge is 0.407 e. The Morgan fingerprint density at radius 2 is 1.83 bits per heavy atom. The lowest BCUT2D eigenvalue weighted by Gasteiger charge is -2.61. The van der Waals surface area contributed by atoms with Gasteiger partial charge >= 0.3 is 6.09 Å². The molecule has 0 spiro atoms. The minimum atomic E-state index is -0.851. The molecule has 7 rings (SSSR count). The fourth-order valence-corrected chi connectivity index (χ4v) is 8.89. The Morgan fingerprint density at radius 3 is 2.47 bits per heavy atom. The SMILES string of the molecule is N#Cc1ccc(NC2CCN(C(=O)O)[C@@H]2C2C3CC4CC2CC(C(=O)NC2CCCCC2)(C4)C3)nc1. The molecule has 1 aromatic heterocycles. The van der Waals surface area contributed by atoms with Gasteiger partial charge < -0.3 is 20.6 Å². The lowest BCUT2D eigenvalue weighted by molar-refractivity contribution is -0.158. The van der Waals surface area contributed by atoms with E-state index in [2.05, 4.69) is 21.7 Å². The largest absolute Gasteiger partial charge is 0.465 e. The van der Waals surface area contributed by atoms with Crippen molar-refractivity contribution in [1.29, 1.82) is 5.26 Å². The van der Waals surface area contributed by atoms with Gasteiger partial charge in [-0.05, 0) is 87.2 Å². The Bertz CT molecular complexity index is 1030. The highest BCUT2D eigenvalue weighted by Crippen LogP contribution is 2.64. The van der Waals surface area contributed by atoms with Gasteiger partial charge in [-0.25, -0.2) is 9.78 Å². The van der Waals surface area contributed by atoms with Crippen molar-refractivity contribution in [3.05, 3.63) is 23.9 Å². The first-order valence-corrected chi connectivity index (χ1v) is 13.9. The summed E-state index contributed by atoms with van der Waals surface area (Å²) < 4.78 is 0. The third-order valence-electron chi connectivity index (χ3n) is 10.1. The van der Waals surface area contributed by atoms with Crippen molar-refractivity contribution in [3.63, 3.8) is 0 Å². The van der Waals surface area contributed by atoms with Crippen molar-refractivity contribution in [2.75, 3.05) is 11.9 Å². The third kappa shape index (κ3) is 4.10. The van der Waals surface area contributed by atoms with Crippen molar-refractivity contribution in [2.24, 2.45) is 29.1 Å². The molecule has 1 saturated heterocycles. The molecule has 3 unspecified atom stereocenters. The first-order chi connectivity index (χ1) is 17.5. The molecule has 6 fully saturated rings. The van der Waals surface area contributed by atoms with E-state index in [0.29, 0.717) is 41.7 Å². The van der Waals surface area contributed by atoms with Crippen molar-refractivity contribution >= 4 is 17.8 Å². The lowest BCUT2D eigenvalue weighted by atomic mass is 9.44. The molecule has 192 valence electrons. The van der Waals surface area contributed by atoms with Crippen molar-refractivity contribution in [2.45, 2.75) is 88.8 Å². The number of hydrogen-bond donors (Lipinski definition) is 3. The van der Waals surface area contributed by atoms with Crippen LogP contribution in [-0.4, -0.2) is 51.7 Å². The number of nitriles is 1. The van der Waals surface area contributed by atoms with Crippen molar-refractivity contribution in [3.8, 4) is 6.07 Å². The van der Waals surface area contributed by atoms with Gasteiger partial charge in [-0.3, -0.25) is 4.79 Å². The number of amides is 2.